The first-order valence-corrected chi connectivity index (χ1v) is 37.0. The number of methoxy groups -OCH3 is 3. The number of nitrogens with one attached hydrogen (secondary N) is 3. The summed E-state index contributed by atoms with van der Waals surface area (Å²) in [6, 6.07) is 22.5. The summed E-state index contributed by atoms with van der Waals surface area (Å²) < 4.78 is 58.7. The van der Waals surface area contributed by atoms with Crippen molar-refractivity contribution in [3.05, 3.63) is 212 Å². The summed E-state index contributed by atoms with van der Waals surface area (Å²) in [5.41, 5.74) is 23.4. The molecule has 33 heteroatoms. The number of likely N-dealkylation sites (N-methyl/N-ethyl adjacent to an activating group) is 3. The highest BCUT2D eigenvalue weighted by Crippen LogP contribution is 2.42. The zero-order chi connectivity index (χ0) is 79.3. The van der Waals surface area contributed by atoms with Gasteiger partial charge in [0.05, 0.1) is 92.5 Å². The number of ether oxygens (including phenoxy) is 3. The van der Waals surface area contributed by atoms with Gasteiger partial charge in [-0.3, -0.25) is 39.1 Å². The quantitative estimate of drug-likeness (QED) is 0.0258. The third-order valence-corrected chi connectivity index (χ3v) is 20.2. The van der Waals surface area contributed by atoms with Crippen molar-refractivity contribution >= 4 is 86.5 Å². The van der Waals surface area contributed by atoms with Crippen LogP contribution in [0.5, 0.6) is 0 Å². The average Bonchev–Trinajstić information content (AvgIpc) is 1.74. The second-order valence-electron chi connectivity index (χ2n) is 27.2. The molecule has 3 aliphatic carbocycles. The van der Waals surface area contributed by atoms with Crippen LogP contribution in [0.15, 0.2) is 122 Å². The smallest absolute Gasteiger partial charge is 0.323 e. The number of carboxylic acid groups (broad SMARTS) is 1. The van der Waals surface area contributed by atoms with Gasteiger partial charge in [0.25, 0.3) is 0 Å². The van der Waals surface area contributed by atoms with Gasteiger partial charge in [0.15, 0.2) is 17.5 Å². The molecular weight excluding hydrogens is 1470 g/mol. The fourth-order valence-electron chi connectivity index (χ4n) is 13.7. The van der Waals surface area contributed by atoms with E-state index in [1.807, 2.05) is 78.7 Å². The zero-order valence-electron chi connectivity index (χ0n) is 62.8. The fraction of sp³-hybridized carbons (Fsp3) is 0.397. The number of aliphatic hydroxyl groups excluding tert-OH is 2. The second kappa shape index (κ2) is 40.6. The van der Waals surface area contributed by atoms with Crippen LogP contribution in [0.3, 0.4) is 0 Å². The molecule has 4 atom stereocenters. The van der Waals surface area contributed by atoms with E-state index in [2.05, 4.69) is 94.4 Å². The summed E-state index contributed by atoms with van der Waals surface area (Å²) in [5, 5.41) is 36.0. The lowest BCUT2D eigenvalue weighted by atomic mass is 9.97. The minimum atomic E-state index is -0.795. The Balaban J connectivity index is 0.000000160. The average molecular weight is 1570 g/mol. The van der Waals surface area contributed by atoms with E-state index < -0.39 is 35.5 Å². The Labute approximate surface area is 652 Å². The van der Waals surface area contributed by atoms with Gasteiger partial charge in [0, 0.05) is 134 Å². The van der Waals surface area contributed by atoms with E-state index in [9.17, 15) is 32.7 Å². The van der Waals surface area contributed by atoms with Crippen LogP contribution in [0.2, 0.25) is 10.6 Å². The van der Waals surface area contributed by atoms with Gasteiger partial charge in [-0.25, -0.2) is 43.1 Å². The number of rotatable bonds is 21. The summed E-state index contributed by atoms with van der Waals surface area (Å²) in [6.45, 7) is 11.0. The molecule has 0 saturated carbocycles. The molecular formula is C78H94Cl2F3N19O9. The third kappa shape index (κ3) is 22.2. The standard InChI is InChI=1S/C28H32FN7O3.C22H25ClFN5O2.C13H11ClFN3.C9H18N2O3.C6H8N2O/c1-35-10-12-36(13-11-35)25(17-39-2)27(38)33-24-5-3-4-20-21(24)8-9-22(20)26-23(29)15-31-28(34-26)32-18-6-7-19(16-37)30-14-18;1-28-8-10-29(11-9-28)19(13-31-2)21(30)26-18-5-3-4-14-15(18)6-7-16(14)20-17(24)12-25-22(23)27-20;14-13-17-6-10(15)12(18-13)9-5-4-8-7(9)2-1-3-11(8)16;1-10-3-5-11(6-4-10)8(7-14-2)9(12)13;7-5-1-2-6(4-9)8-3-5/h3-7,9,14-15,25,37H,8,10-13,16-17H2,1-2H3,(H,33,38)(H,31,32,34);3-5,7,12,19H,6,8-11,13H2,1-2H3,(H,26,30);1-3,6,9H,4-5,16H2;8H,3-7H2,1-2H3,(H,12,13);1-3,9H,4,7H2/t25-;19-;;8-;/m11.1./s1. The number of aliphatic carboxylic acids is 1. The van der Waals surface area contributed by atoms with E-state index in [4.69, 9.17) is 59.1 Å². The summed E-state index contributed by atoms with van der Waals surface area (Å²) in [5.74, 6) is -2.38. The lowest BCUT2D eigenvalue weighted by molar-refractivity contribution is -0.146. The predicted octanol–water partition coefficient (Wildman–Crippen LogP) is 7.31. The van der Waals surface area contributed by atoms with Gasteiger partial charge in [-0.05, 0) is 146 Å². The Morgan fingerprint density at radius 3 is 1.48 bits per heavy atom. The van der Waals surface area contributed by atoms with Gasteiger partial charge in [-0.15, -0.1) is 0 Å². The molecule has 3 aliphatic heterocycles. The molecule has 28 nitrogen and oxygen atoms in total. The van der Waals surface area contributed by atoms with E-state index in [1.165, 1.54) is 13.3 Å². The van der Waals surface area contributed by atoms with Crippen molar-refractivity contribution in [2.75, 3.05) is 168 Å². The maximum atomic E-state index is 15.0. The van der Waals surface area contributed by atoms with Gasteiger partial charge >= 0.3 is 5.97 Å². The Kier molecular flexibility index (Phi) is 30.7. The van der Waals surface area contributed by atoms with Gasteiger partial charge in [0.1, 0.15) is 29.5 Å². The number of nitrogens with zero attached hydrogens (tertiary/aromatic N) is 14. The summed E-state index contributed by atoms with van der Waals surface area (Å²) in [7, 11) is 10.9. The number of allylic oxidation sites excluding steroid dienone is 2. The maximum absolute atomic E-state index is 15.0. The Morgan fingerprint density at radius 1 is 0.541 bits per heavy atom. The number of amides is 2. The van der Waals surface area contributed by atoms with E-state index in [1.54, 1.807) is 44.7 Å². The number of piperazine rings is 3. The number of carboxylic acids is 1. The van der Waals surface area contributed by atoms with Crippen LogP contribution in [-0.4, -0.2) is 261 Å². The fourth-order valence-corrected chi connectivity index (χ4v) is 14.0. The third-order valence-electron chi connectivity index (χ3n) is 19.9. The molecule has 5 aromatic heterocycles. The molecule has 0 bridgehead atoms. The van der Waals surface area contributed by atoms with Gasteiger partial charge in [-0.2, -0.15) is 0 Å². The van der Waals surface area contributed by atoms with Crippen LogP contribution in [0.1, 0.15) is 74.2 Å². The number of carbonyl (C=O) groups is 3. The molecule has 8 aromatic rings. The number of nitrogen functional groups attached to an aromatic ring is 2. The maximum Gasteiger partial charge on any atom is 0.323 e. The number of aromatic nitrogens is 8. The Hall–Kier alpha value is -9.58. The lowest BCUT2D eigenvalue weighted by Gasteiger charge is -2.36. The number of halogens is 5. The monoisotopic (exact) mass is 1570 g/mol. The normalized spacial score (nSPS) is 17.2. The molecule has 2 amide bonds. The van der Waals surface area contributed by atoms with Crippen LogP contribution in [0.25, 0.3) is 11.1 Å². The van der Waals surface area contributed by atoms with Gasteiger partial charge in [-0.1, -0.05) is 48.6 Å². The van der Waals surface area contributed by atoms with Crippen LogP contribution in [0, 0.1) is 17.5 Å². The number of benzene rings is 3. The minimum absolute atomic E-state index is 0.00945. The SMILES string of the molecule is COC[C@H](C(=O)Nc1cccc2c1CC=C2c1nc(Cl)ncc1F)N1CCN(C)CC1.COC[C@H](C(=O)Nc1cccc2c1CC=C2c1nc(Nc2ccc(CO)nc2)ncc1F)N1CCN(C)CC1.COC[C@H](C(=O)O)N1CCN(C)CC1.Nc1ccc(CO)nc1.Nc1cccc2c1CCC2c1nc(Cl)ncc1F. The van der Waals surface area contributed by atoms with E-state index in [0.717, 1.165) is 149 Å². The first-order valence-electron chi connectivity index (χ1n) is 36.2. The molecule has 8 heterocycles. The van der Waals surface area contributed by atoms with E-state index in [-0.39, 0.29) is 71.5 Å². The van der Waals surface area contributed by atoms with Crippen molar-refractivity contribution in [2.24, 2.45) is 0 Å². The molecule has 3 aromatic carbocycles. The number of nitrogens with two attached hydrogens (primary N) is 2. The molecule has 6 aliphatic rings. The van der Waals surface area contributed by atoms with E-state index >= 15 is 0 Å². The minimum Gasteiger partial charge on any atom is -0.480 e. The van der Waals surface area contributed by atoms with Crippen LogP contribution >= 0.6 is 23.2 Å². The highest BCUT2D eigenvalue weighted by Gasteiger charge is 2.34. The number of pyridine rings is 2. The zero-order valence-corrected chi connectivity index (χ0v) is 64.3. The van der Waals surface area contributed by atoms with E-state index in [0.29, 0.717) is 77.0 Å². The van der Waals surface area contributed by atoms with Gasteiger partial charge in [0.2, 0.25) is 28.3 Å². The Bertz CT molecular complexity index is 4540. The first-order chi connectivity index (χ1) is 53.6. The number of aliphatic hydroxyl groups is 2. The van der Waals surface area contributed by atoms with Crippen LogP contribution < -0.4 is 27.4 Å². The van der Waals surface area contributed by atoms with Crippen molar-refractivity contribution in [2.45, 2.75) is 62.9 Å². The van der Waals surface area contributed by atoms with Crippen molar-refractivity contribution in [1.82, 2.24) is 69.3 Å². The van der Waals surface area contributed by atoms with Crippen molar-refractivity contribution < 1.29 is 57.1 Å². The van der Waals surface area contributed by atoms with Crippen LogP contribution in [-0.2, 0) is 61.1 Å². The molecule has 111 heavy (non-hydrogen) atoms. The second-order valence-corrected chi connectivity index (χ2v) is 27.9. The predicted molar refractivity (Wildman–Crippen MR) is 419 cm³/mol. The number of anilines is 6. The number of carbonyl (C=O) groups excluding carboxylic acids is 2. The van der Waals surface area contributed by atoms with Crippen molar-refractivity contribution in [3.63, 3.8) is 0 Å². The van der Waals surface area contributed by atoms with Crippen molar-refractivity contribution in [3.8, 4) is 0 Å². The number of fused-ring (bicyclic) bond motifs is 3. The molecule has 0 radical (unpaired) electrons. The molecule has 14 rings (SSSR count). The largest absolute Gasteiger partial charge is 0.480 e. The van der Waals surface area contributed by atoms with Crippen LogP contribution in [0.4, 0.5) is 47.6 Å². The highest BCUT2D eigenvalue weighted by atomic mass is 35.5. The molecule has 10 N–H and O–H groups in total. The number of hydrogen-bond donors (Lipinski definition) is 8. The summed E-state index contributed by atoms with van der Waals surface area (Å²) in [6.07, 6.45) is 12.9. The van der Waals surface area contributed by atoms with Gasteiger partial charge < -0.3 is 71.6 Å². The molecule has 590 valence electrons. The first kappa shape index (κ1) is 83.9. The topological polar surface area (TPSA) is 350 Å². The Morgan fingerprint density at radius 2 is 1.00 bits per heavy atom. The summed E-state index contributed by atoms with van der Waals surface area (Å²) in [4.78, 5) is 82.3. The number of hydrogen-bond acceptors (Lipinski definition) is 25. The summed E-state index contributed by atoms with van der Waals surface area (Å²) >= 11 is 11.6. The molecule has 1 unspecified atom stereocenters. The molecule has 3 fully saturated rings. The molecule has 3 saturated heterocycles. The molecule has 0 spiro atoms. The lowest BCUT2D eigenvalue weighted by Crippen LogP contribution is -2.54. The highest BCUT2D eigenvalue weighted by molar-refractivity contribution is 6.28. The van der Waals surface area contributed by atoms with Crippen molar-refractivity contribution in [1.29, 1.82) is 0 Å².